The Balaban J connectivity index is 5.14. The normalized spacial score (nSPS) is 16.9. The van der Waals surface area contributed by atoms with Gasteiger partial charge in [0.05, 0.1) is 5.60 Å². The van der Waals surface area contributed by atoms with Crippen molar-refractivity contribution < 1.29 is 9.47 Å². The Kier molecular flexibility index (Phi) is 11.1. The topological polar surface area (TPSA) is 18.5 Å². The molecule has 0 aromatic heterocycles. The number of rotatable bonds is 13. The van der Waals surface area contributed by atoms with Crippen molar-refractivity contribution in [2.24, 2.45) is 5.92 Å². The summed E-state index contributed by atoms with van der Waals surface area (Å²) in [5.74, 6) is 0.402. The molecule has 2 nitrogen and oxygen atoms in total. The van der Waals surface area contributed by atoms with E-state index in [1.165, 1.54) is 38.5 Å². The molecule has 0 fully saturated rings. The molecule has 0 radical (unpaired) electrons. The molecule has 0 aliphatic carbocycles. The van der Waals surface area contributed by atoms with Crippen molar-refractivity contribution in [2.75, 3.05) is 14.2 Å². The minimum Gasteiger partial charge on any atom is -0.376 e. The molecule has 0 N–H and O–H groups in total. The summed E-state index contributed by atoms with van der Waals surface area (Å²) in [6, 6.07) is 0. The van der Waals surface area contributed by atoms with E-state index in [1.807, 2.05) is 7.11 Å². The molecule has 0 aromatic rings. The van der Waals surface area contributed by atoms with Gasteiger partial charge in [-0.2, -0.15) is 0 Å². The van der Waals surface area contributed by atoms with Gasteiger partial charge < -0.3 is 9.47 Å². The van der Waals surface area contributed by atoms with E-state index in [1.54, 1.807) is 7.11 Å². The number of hydrogen-bond donors (Lipinski definition) is 0. The fraction of sp³-hybridized carbons (Fsp3) is 0.900. The first-order chi connectivity index (χ1) is 10.5. The summed E-state index contributed by atoms with van der Waals surface area (Å²) >= 11 is 0. The average Bonchev–Trinajstić information content (AvgIpc) is 2.51. The molecule has 0 amide bonds. The molecule has 2 heteroatoms. The molecule has 0 aliphatic heterocycles. The highest BCUT2D eigenvalue weighted by molar-refractivity contribution is 5.07. The van der Waals surface area contributed by atoms with E-state index >= 15 is 0 Å². The second-order valence-corrected chi connectivity index (χ2v) is 6.89. The van der Waals surface area contributed by atoms with Crippen LogP contribution in [0.4, 0.5) is 0 Å². The van der Waals surface area contributed by atoms with Gasteiger partial charge in [0.1, 0.15) is 5.60 Å². The van der Waals surface area contributed by atoms with Crippen LogP contribution in [-0.2, 0) is 9.47 Å². The maximum atomic E-state index is 6.15. The maximum Gasteiger partial charge on any atom is 0.102 e. The van der Waals surface area contributed by atoms with Gasteiger partial charge in [0, 0.05) is 20.1 Å². The van der Waals surface area contributed by atoms with E-state index in [-0.39, 0.29) is 11.2 Å². The van der Waals surface area contributed by atoms with Crippen LogP contribution in [0.2, 0.25) is 0 Å². The third-order valence-electron chi connectivity index (χ3n) is 5.16. The van der Waals surface area contributed by atoms with Crippen LogP contribution in [-0.4, -0.2) is 25.4 Å². The lowest BCUT2D eigenvalue weighted by atomic mass is 9.70. The van der Waals surface area contributed by atoms with Crippen LogP contribution in [0, 0.1) is 5.92 Å². The van der Waals surface area contributed by atoms with Gasteiger partial charge in [0.25, 0.3) is 0 Å². The van der Waals surface area contributed by atoms with Crippen molar-refractivity contribution in [2.45, 2.75) is 97.2 Å². The molecule has 0 aromatic carbocycles. The zero-order valence-electron chi connectivity index (χ0n) is 16.2. The van der Waals surface area contributed by atoms with E-state index in [4.69, 9.17) is 9.47 Å². The van der Waals surface area contributed by atoms with Gasteiger partial charge in [-0.3, -0.25) is 0 Å². The van der Waals surface area contributed by atoms with Crippen molar-refractivity contribution >= 4 is 0 Å². The number of unbranched alkanes of at least 4 members (excludes halogenated alkanes) is 4. The summed E-state index contributed by atoms with van der Waals surface area (Å²) in [6.07, 6.45) is 14.4. The fourth-order valence-corrected chi connectivity index (χ4v) is 3.66. The van der Waals surface area contributed by atoms with Crippen LogP contribution in [0.25, 0.3) is 0 Å². The molecule has 132 valence electrons. The number of methoxy groups -OCH3 is 2. The molecule has 22 heavy (non-hydrogen) atoms. The van der Waals surface area contributed by atoms with E-state index in [0.717, 1.165) is 12.8 Å². The fourth-order valence-electron chi connectivity index (χ4n) is 3.66. The monoisotopic (exact) mass is 312 g/mol. The highest BCUT2D eigenvalue weighted by Gasteiger charge is 2.49. The molecule has 2 unspecified atom stereocenters. The number of allylic oxidation sites excluding steroid dienone is 1. The lowest BCUT2D eigenvalue weighted by Crippen LogP contribution is -2.57. The van der Waals surface area contributed by atoms with Crippen molar-refractivity contribution in [3.8, 4) is 0 Å². The van der Waals surface area contributed by atoms with Gasteiger partial charge in [0.2, 0.25) is 0 Å². The number of hydrogen-bond acceptors (Lipinski definition) is 2. The van der Waals surface area contributed by atoms with Crippen molar-refractivity contribution in [1.82, 2.24) is 0 Å². The van der Waals surface area contributed by atoms with Crippen molar-refractivity contribution in [3.63, 3.8) is 0 Å². The molecule has 0 spiro atoms. The van der Waals surface area contributed by atoms with Crippen LogP contribution >= 0.6 is 0 Å². The van der Waals surface area contributed by atoms with Gasteiger partial charge in [-0.05, 0) is 33.6 Å². The van der Waals surface area contributed by atoms with Crippen LogP contribution in [0.3, 0.4) is 0 Å². The van der Waals surface area contributed by atoms with Gasteiger partial charge >= 0.3 is 0 Å². The van der Waals surface area contributed by atoms with Crippen LogP contribution in [0.1, 0.15) is 86.0 Å². The minimum atomic E-state index is -0.300. The average molecular weight is 313 g/mol. The smallest absolute Gasteiger partial charge is 0.102 e. The first-order valence-electron chi connectivity index (χ1n) is 9.18. The third kappa shape index (κ3) is 5.70. The Morgan fingerprint density at radius 3 is 2.00 bits per heavy atom. The summed E-state index contributed by atoms with van der Waals surface area (Å²) in [5.41, 5.74) is -0.556. The molecular weight excluding hydrogens is 272 g/mol. The van der Waals surface area contributed by atoms with E-state index in [0.29, 0.717) is 5.92 Å². The molecule has 2 atom stereocenters. The standard InChI is InChI=1S/C20H40O2/c1-8-11-12-13-14-16-18(15-9-2)20(22-7,17-10-3)19(4,5)21-6/h9,15,18H,8,10-14,16-17H2,1-7H3. The van der Waals surface area contributed by atoms with Gasteiger partial charge in [-0.1, -0.05) is 64.5 Å². The lowest BCUT2D eigenvalue weighted by Gasteiger charge is -2.49. The molecular formula is C20H40O2. The maximum absolute atomic E-state index is 6.15. The van der Waals surface area contributed by atoms with Crippen LogP contribution in [0.5, 0.6) is 0 Å². The second kappa shape index (κ2) is 11.2. The summed E-state index contributed by atoms with van der Waals surface area (Å²) in [5, 5.41) is 0. The molecule has 0 saturated heterocycles. The zero-order valence-corrected chi connectivity index (χ0v) is 16.2. The Morgan fingerprint density at radius 2 is 1.55 bits per heavy atom. The summed E-state index contributed by atoms with van der Waals surface area (Å²) in [7, 11) is 3.65. The highest BCUT2D eigenvalue weighted by Crippen LogP contribution is 2.42. The largest absolute Gasteiger partial charge is 0.376 e. The lowest BCUT2D eigenvalue weighted by molar-refractivity contribution is -0.193. The Hall–Kier alpha value is -0.340. The first kappa shape index (κ1) is 21.7. The van der Waals surface area contributed by atoms with E-state index in [2.05, 4.69) is 46.8 Å². The van der Waals surface area contributed by atoms with Gasteiger partial charge in [-0.25, -0.2) is 0 Å². The Bertz CT molecular complexity index is 296. The van der Waals surface area contributed by atoms with Crippen LogP contribution < -0.4 is 0 Å². The summed E-state index contributed by atoms with van der Waals surface area (Å²) in [6.45, 7) is 10.9. The molecule has 0 saturated carbocycles. The minimum absolute atomic E-state index is 0.256. The molecule has 0 aliphatic rings. The Labute approximate surface area is 139 Å². The van der Waals surface area contributed by atoms with Crippen molar-refractivity contribution in [3.05, 3.63) is 12.2 Å². The van der Waals surface area contributed by atoms with Crippen molar-refractivity contribution in [1.29, 1.82) is 0 Å². The SMILES string of the molecule is CC=CC(CCCCCCC)C(CCC)(OC)C(C)(C)OC. The number of ether oxygens (including phenoxy) is 2. The van der Waals surface area contributed by atoms with Gasteiger partial charge in [-0.15, -0.1) is 0 Å². The molecule has 0 bridgehead atoms. The predicted octanol–water partition coefficient (Wildman–Crippen LogP) is 6.15. The van der Waals surface area contributed by atoms with Gasteiger partial charge in [0.15, 0.2) is 0 Å². The predicted molar refractivity (Wildman–Crippen MR) is 97.4 cm³/mol. The zero-order chi connectivity index (χ0) is 17.1. The Morgan fingerprint density at radius 1 is 0.909 bits per heavy atom. The second-order valence-electron chi connectivity index (χ2n) is 6.89. The van der Waals surface area contributed by atoms with E-state index in [9.17, 15) is 0 Å². The summed E-state index contributed by atoms with van der Waals surface area (Å²) in [4.78, 5) is 0. The van der Waals surface area contributed by atoms with Crippen LogP contribution in [0.15, 0.2) is 12.2 Å². The molecule has 0 heterocycles. The summed E-state index contributed by atoms with van der Waals surface area (Å²) < 4.78 is 12.0. The molecule has 0 rings (SSSR count). The third-order valence-corrected chi connectivity index (χ3v) is 5.16. The quantitative estimate of drug-likeness (QED) is 0.300. The first-order valence-corrected chi connectivity index (χ1v) is 9.18. The highest BCUT2D eigenvalue weighted by atomic mass is 16.5. The van der Waals surface area contributed by atoms with E-state index < -0.39 is 0 Å².